The molecule has 19 heavy (non-hydrogen) atoms. The number of fused-ring (bicyclic) bond motifs is 1. The molecule has 1 heterocycles. The SMILES string of the molecule is Cc1[nH]c2ccc(C(=O)NCC3CC3C)cc2c1C. The highest BCUT2D eigenvalue weighted by atomic mass is 16.1. The van der Waals surface area contributed by atoms with Gasteiger partial charge < -0.3 is 10.3 Å². The number of aryl methyl sites for hydroxylation is 2. The van der Waals surface area contributed by atoms with Crippen molar-refractivity contribution >= 4 is 16.8 Å². The minimum atomic E-state index is 0.0410. The predicted molar refractivity (Wildman–Crippen MR) is 77.4 cm³/mol. The van der Waals surface area contributed by atoms with Crippen LogP contribution in [0.5, 0.6) is 0 Å². The van der Waals surface area contributed by atoms with Crippen molar-refractivity contribution in [1.29, 1.82) is 0 Å². The van der Waals surface area contributed by atoms with E-state index in [1.165, 1.54) is 17.7 Å². The van der Waals surface area contributed by atoms with E-state index >= 15 is 0 Å². The van der Waals surface area contributed by atoms with E-state index in [-0.39, 0.29) is 5.91 Å². The Morgan fingerprint density at radius 3 is 2.84 bits per heavy atom. The average molecular weight is 256 g/mol. The van der Waals surface area contributed by atoms with Gasteiger partial charge in [-0.3, -0.25) is 4.79 Å². The van der Waals surface area contributed by atoms with Crippen molar-refractivity contribution in [2.75, 3.05) is 6.54 Å². The number of carbonyl (C=O) groups is 1. The molecule has 1 saturated carbocycles. The number of aromatic nitrogens is 1. The first-order chi connectivity index (χ1) is 9.06. The van der Waals surface area contributed by atoms with Crippen LogP contribution in [0.1, 0.15) is 35.0 Å². The molecule has 100 valence electrons. The van der Waals surface area contributed by atoms with Crippen LogP contribution in [0, 0.1) is 25.7 Å². The van der Waals surface area contributed by atoms with Crippen molar-refractivity contribution in [3.8, 4) is 0 Å². The summed E-state index contributed by atoms with van der Waals surface area (Å²) in [5, 5.41) is 4.18. The summed E-state index contributed by atoms with van der Waals surface area (Å²) in [6, 6.07) is 5.87. The van der Waals surface area contributed by atoms with Gasteiger partial charge in [-0.05, 0) is 55.9 Å². The second-order valence-corrected chi connectivity index (χ2v) is 5.82. The van der Waals surface area contributed by atoms with Gasteiger partial charge in [-0.25, -0.2) is 0 Å². The average Bonchev–Trinajstić information content (AvgIpc) is 3.03. The highest BCUT2D eigenvalue weighted by Gasteiger charge is 2.32. The van der Waals surface area contributed by atoms with Crippen LogP contribution in [0.3, 0.4) is 0 Å². The van der Waals surface area contributed by atoms with Gasteiger partial charge in [-0.2, -0.15) is 0 Å². The maximum absolute atomic E-state index is 12.1. The van der Waals surface area contributed by atoms with Crippen LogP contribution in [0.4, 0.5) is 0 Å². The van der Waals surface area contributed by atoms with Gasteiger partial charge in [0.15, 0.2) is 0 Å². The first-order valence-corrected chi connectivity index (χ1v) is 6.93. The maximum atomic E-state index is 12.1. The molecular weight excluding hydrogens is 236 g/mol. The van der Waals surface area contributed by atoms with E-state index in [2.05, 4.69) is 31.1 Å². The topological polar surface area (TPSA) is 44.9 Å². The van der Waals surface area contributed by atoms with Crippen LogP contribution < -0.4 is 5.32 Å². The van der Waals surface area contributed by atoms with Crippen LogP contribution >= 0.6 is 0 Å². The fraction of sp³-hybridized carbons (Fsp3) is 0.438. The van der Waals surface area contributed by atoms with Crippen LogP contribution in [-0.2, 0) is 0 Å². The van der Waals surface area contributed by atoms with E-state index in [0.717, 1.165) is 28.9 Å². The van der Waals surface area contributed by atoms with Crippen molar-refractivity contribution in [3.05, 3.63) is 35.0 Å². The molecule has 0 spiro atoms. The lowest BCUT2D eigenvalue weighted by atomic mass is 10.1. The van der Waals surface area contributed by atoms with Crippen molar-refractivity contribution in [1.82, 2.24) is 10.3 Å². The van der Waals surface area contributed by atoms with Gasteiger partial charge >= 0.3 is 0 Å². The third kappa shape index (κ3) is 2.25. The monoisotopic (exact) mass is 256 g/mol. The minimum absolute atomic E-state index is 0.0410. The maximum Gasteiger partial charge on any atom is 0.251 e. The molecule has 3 nitrogen and oxygen atoms in total. The third-order valence-corrected chi connectivity index (χ3v) is 4.37. The van der Waals surface area contributed by atoms with E-state index in [4.69, 9.17) is 0 Å². The number of hydrogen-bond donors (Lipinski definition) is 2. The summed E-state index contributed by atoms with van der Waals surface area (Å²) in [7, 11) is 0. The molecule has 0 radical (unpaired) electrons. The highest BCUT2D eigenvalue weighted by Crippen LogP contribution is 2.36. The fourth-order valence-corrected chi connectivity index (χ4v) is 2.61. The van der Waals surface area contributed by atoms with E-state index < -0.39 is 0 Å². The second-order valence-electron chi connectivity index (χ2n) is 5.82. The lowest BCUT2D eigenvalue weighted by Crippen LogP contribution is -2.25. The Hall–Kier alpha value is -1.77. The van der Waals surface area contributed by atoms with Crippen LogP contribution in [0.25, 0.3) is 10.9 Å². The number of rotatable bonds is 3. The summed E-state index contributed by atoms with van der Waals surface area (Å²) in [5.74, 6) is 1.50. The molecule has 0 aliphatic heterocycles. The molecule has 1 fully saturated rings. The lowest BCUT2D eigenvalue weighted by Gasteiger charge is -2.05. The van der Waals surface area contributed by atoms with Crippen molar-refractivity contribution < 1.29 is 4.79 Å². The van der Waals surface area contributed by atoms with E-state index in [1.807, 2.05) is 18.2 Å². The second kappa shape index (κ2) is 4.41. The summed E-state index contributed by atoms with van der Waals surface area (Å²) < 4.78 is 0. The Labute approximate surface area is 113 Å². The first-order valence-electron chi connectivity index (χ1n) is 6.93. The van der Waals surface area contributed by atoms with E-state index in [0.29, 0.717) is 5.92 Å². The lowest BCUT2D eigenvalue weighted by molar-refractivity contribution is 0.0951. The smallest absolute Gasteiger partial charge is 0.251 e. The largest absolute Gasteiger partial charge is 0.358 e. The standard InChI is InChI=1S/C16H20N2O/c1-9-6-13(9)8-17-16(19)12-4-5-15-14(7-12)10(2)11(3)18-15/h4-5,7,9,13,18H,6,8H2,1-3H3,(H,17,19). The number of carbonyl (C=O) groups excluding carboxylic acids is 1. The van der Waals surface area contributed by atoms with Gasteiger partial charge in [-0.1, -0.05) is 6.92 Å². The molecule has 1 aliphatic carbocycles. The zero-order chi connectivity index (χ0) is 13.6. The van der Waals surface area contributed by atoms with Crippen LogP contribution in [0.2, 0.25) is 0 Å². The molecule has 0 bridgehead atoms. The Morgan fingerprint density at radius 2 is 2.16 bits per heavy atom. The fourth-order valence-electron chi connectivity index (χ4n) is 2.61. The van der Waals surface area contributed by atoms with Crippen molar-refractivity contribution in [3.63, 3.8) is 0 Å². The minimum Gasteiger partial charge on any atom is -0.358 e. The molecule has 2 unspecified atom stereocenters. The molecule has 2 aromatic rings. The van der Waals surface area contributed by atoms with Crippen LogP contribution in [0.15, 0.2) is 18.2 Å². The first kappa shape index (κ1) is 12.3. The van der Waals surface area contributed by atoms with Gasteiger partial charge in [-0.15, -0.1) is 0 Å². The molecule has 3 heteroatoms. The molecule has 3 rings (SSSR count). The molecule has 1 aromatic heterocycles. The summed E-state index contributed by atoms with van der Waals surface area (Å²) in [4.78, 5) is 15.5. The number of H-pyrrole nitrogens is 1. The number of hydrogen-bond acceptors (Lipinski definition) is 1. The molecule has 2 atom stereocenters. The quantitative estimate of drug-likeness (QED) is 0.870. The number of nitrogens with one attached hydrogen (secondary N) is 2. The van der Waals surface area contributed by atoms with Crippen molar-refractivity contribution in [2.24, 2.45) is 11.8 Å². The molecule has 1 aliphatic rings. The van der Waals surface area contributed by atoms with Gasteiger partial charge in [0.25, 0.3) is 5.91 Å². The Kier molecular flexibility index (Phi) is 2.85. The van der Waals surface area contributed by atoms with E-state index in [1.54, 1.807) is 0 Å². The van der Waals surface area contributed by atoms with Gasteiger partial charge in [0.05, 0.1) is 0 Å². The zero-order valence-electron chi connectivity index (χ0n) is 11.7. The summed E-state index contributed by atoms with van der Waals surface area (Å²) >= 11 is 0. The summed E-state index contributed by atoms with van der Waals surface area (Å²) in [6.45, 7) is 7.18. The zero-order valence-corrected chi connectivity index (χ0v) is 11.7. The third-order valence-electron chi connectivity index (χ3n) is 4.37. The predicted octanol–water partition coefficient (Wildman–Crippen LogP) is 3.17. The Morgan fingerprint density at radius 1 is 1.42 bits per heavy atom. The normalized spacial score (nSPS) is 21.6. The number of amides is 1. The summed E-state index contributed by atoms with van der Waals surface area (Å²) in [5.41, 5.74) is 4.24. The molecule has 2 N–H and O–H groups in total. The van der Waals surface area contributed by atoms with Gasteiger partial charge in [0, 0.05) is 28.7 Å². The Balaban J connectivity index is 1.79. The molecule has 1 aromatic carbocycles. The molecule has 0 saturated heterocycles. The van der Waals surface area contributed by atoms with Gasteiger partial charge in [0.1, 0.15) is 0 Å². The van der Waals surface area contributed by atoms with Gasteiger partial charge in [0.2, 0.25) is 0 Å². The highest BCUT2D eigenvalue weighted by molar-refractivity contribution is 5.99. The number of aromatic amines is 1. The van der Waals surface area contributed by atoms with E-state index in [9.17, 15) is 4.79 Å². The summed E-state index contributed by atoms with van der Waals surface area (Å²) in [6.07, 6.45) is 1.25. The van der Waals surface area contributed by atoms with Crippen molar-refractivity contribution in [2.45, 2.75) is 27.2 Å². The molecule has 1 amide bonds. The molecular formula is C16H20N2O. The number of benzene rings is 1. The Bertz CT molecular complexity index is 641. The van der Waals surface area contributed by atoms with Crippen LogP contribution in [-0.4, -0.2) is 17.4 Å².